The van der Waals surface area contributed by atoms with Gasteiger partial charge in [0.1, 0.15) is 0 Å². The van der Waals surface area contributed by atoms with Crippen molar-refractivity contribution in [1.82, 2.24) is 0 Å². The van der Waals surface area contributed by atoms with Crippen molar-refractivity contribution in [1.29, 1.82) is 0 Å². The Hall–Kier alpha value is 2.10. The van der Waals surface area contributed by atoms with Crippen LogP contribution < -0.4 is 0 Å². The van der Waals surface area contributed by atoms with Crippen LogP contribution in [0, 0.1) is 0 Å². The Balaban J connectivity index is 2.88. The smallest absolute Gasteiger partial charge is 0.0392 e. The minimum absolute atomic E-state index is 1.29. The second kappa shape index (κ2) is 20.1. The van der Waals surface area contributed by atoms with Crippen LogP contribution in [0.5, 0.6) is 0 Å². The summed E-state index contributed by atoms with van der Waals surface area (Å²) >= 11 is 12.4. The Bertz CT molecular complexity index is 140. The molecule has 0 aliphatic heterocycles. The van der Waals surface area contributed by atoms with Gasteiger partial charge < -0.3 is 0 Å². The van der Waals surface area contributed by atoms with Gasteiger partial charge in [-0.3, -0.25) is 0 Å². The van der Waals surface area contributed by atoms with E-state index in [1.165, 1.54) is 63.9 Å². The lowest BCUT2D eigenvalue weighted by Gasteiger charge is -2.03. The molecule has 6 heteroatoms. The second-order valence-electron chi connectivity index (χ2n) is 3.91. The number of hydrogen-bond acceptors (Lipinski definition) is 6. The predicted octanol–water partition coefficient (Wildman–Crippen LogP) is 5.73. The summed E-state index contributed by atoms with van der Waals surface area (Å²) < 4.78 is 0. The van der Waals surface area contributed by atoms with E-state index in [1.807, 2.05) is 23.5 Å². The van der Waals surface area contributed by atoms with Crippen LogP contribution in [0.3, 0.4) is 0 Å². The summed E-state index contributed by atoms with van der Waals surface area (Å²) in [6, 6.07) is 0. The van der Waals surface area contributed by atoms with Gasteiger partial charge in [-0.2, -0.15) is 70.6 Å². The van der Waals surface area contributed by atoms with Crippen LogP contribution in [0.4, 0.5) is 0 Å². The Labute approximate surface area is 146 Å². The fourth-order valence-corrected chi connectivity index (χ4v) is 6.86. The molecule has 19 heavy (non-hydrogen) atoms. The van der Waals surface area contributed by atoms with Gasteiger partial charge in [0.2, 0.25) is 0 Å². The van der Waals surface area contributed by atoms with Crippen molar-refractivity contribution in [3.8, 4) is 0 Å². The van der Waals surface area contributed by atoms with E-state index < -0.39 is 0 Å². The summed E-state index contributed by atoms with van der Waals surface area (Å²) in [5.41, 5.74) is 0. The topological polar surface area (TPSA) is 0 Å². The molecule has 0 nitrogen and oxygen atoms in total. The van der Waals surface area contributed by atoms with Crippen LogP contribution in [0.15, 0.2) is 0 Å². The van der Waals surface area contributed by atoms with E-state index in [2.05, 4.69) is 59.6 Å². The molecule has 0 radical (unpaired) electrons. The van der Waals surface area contributed by atoms with Crippen LogP contribution >= 0.6 is 70.6 Å². The van der Waals surface area contributed by atoms with E-state index >= 15 is 0 Å². The molecular weight excluding hydrogens is 349 g/mol. The molecule has 0 fully saturated rings. The van der Waals surface area contributed by atoms with E-state index in [1.54, 1.807) is 0 Å². The molecule has 0 atom stereocenters. The van der Waals surface area contributed by atoms with Gasteiger partial charge in [-0.25, -0.2) is 0 Å². The molecule has 116 valence electrons. The van der Waals surface area contributed by atoms with Gasteiger partial charge in [0.05, 0.1) is 0 Å². The van der Waals surface area contributed by atoms with Gasteiger partial charge in [-0.05, 0) is 66.3 Å². The van der Waals surface area contributed by atoms with Gasteiger partial charge in [-0.15, -0.1) is 0 Å². The minimum atomic E-state index is 1.29. The average Bonchev–Trinajstić information content (AvgIpc) is 2.43. The van der Waals surface area contributed by atoms with Crippen LogP contribution in [0.25, 0.3) is 0 Å². The van der Waals surface area contributed by atoms with Crippen molar-refractivity contribution in [2.75, 3.05) is 57.2 Å². The number of thioether (sulfide) groups is 6. The van der Waals surface area contributed by atoms with Crippen LogP contribution in [-0.4, -0.2) is 57.2 Å². The van der Waals surface area contributed by atoms with Crippen molar-refractivity contribution in [2.24, 2.45) is 0 Å². The molecule has 0 heterocycles. The van der Waals surface area contributed by atoms with Crippen LogP contribution in [0.2, 0.25) is 0 Å². The standard InChI is InChI=1S/C13H28S6/c1-14-6-3-8-16-12-18-10-5-11-19-13-17-9-4-7-15-2/h3-13H2,1-2H3. The molecule has 0 bridgehead atoms. The molecule has 0 amide bonds. The molecule has 0 saturated carbocycles. The molecule has 0 aromatic heterocycles. The maximum atomic E-state index is 2.19. The quantitative estimate of drug-likeness (QED) is 0.247. The van der Waals surface area contributed by atoms with Gasteiger partial charge in [0.15, 0.2) is 0 Å². The molecule has 0 rings (SSSR count). The fourth-order valence-electron chi connectivity index (χ4n) is 1.23. The van der Waals surface area contributed by atoms with E-state index in [4.69, 9.17) is 0 Å². The zero-order valence-electron chi connectivity index (χ0n) is 12.2. The van der Waals surface area contributed by atoms with E-state index in [0.29, 0.717) is 0 Å². The van der Waals surface area contributed by atoms with E-state index in [9.17, 15) is 0 Å². The maximum absolute atomic E-state index is 2.19. The summed E-state index contributed by atoms with van der Waals surface area (Å²) in [7, 11) is 0. The highest BCUT2D eigenvalue weighted by Crippen LogP contribution is 2.18. The lowest BCUT2D eigenvalue weighted by Crippen LogP contribution is -1.88. The highest BCUT2D eigenvalue weighted by molar-refractivity contribution is 8.16. The van der Waals surface area contributed by atoms with Gasteiger partial charge in [0.25, 0.3) is 0 Å². The molecule has 0 aromatic carbocycles. The largest absolute Gasteiger partial charge is 0.165 e. The van der Waals surface area contributed by atoms with Crippen molar-refractivity contribution in [2.45, 2.75) is 19.3 Å². The normalized spacial score (nSPS) is 11.1. The molecule has 0 aliphatic carbocycles. The van der Waals surface area contributed by atoms with Gasteiger partial charge in [-0.1, -0.05) is 0 Å². The molecule has 0 unspecified atom stereocenters. The second-order valence-corrected chi connectivity index (χ2v) is 11.0. The van der Waals surface area contributed by atoms with Crippen LogP contribution in [0.1, 0.15) is 19.3 Å². The first-order chi connectivity index (χ1) is 9.41. The van der Waals surface area contributed by atoms with E-state index in [0.717, 1.165) is 0 Å². The van der Waals surface area contributed by atoms with Crippen molar-refractivity contribution >= 4 is 70.6 Å². The maximum Gasteiger partial charge on any atom is 0.0392 e. The summed E-state index contributed by atoms with van der Waals surface area (Å²) in [5.74, 6) is 8.02. The average molecular weight is 377 g/mol. The highest BCUT2D eigenvalue weighted by atomic mass is 32.2. The highest BCUT2D eigenvalue weighted by Gasteiger charge is 1.94. The minimum Gasteiger partial charge on any atom is -0.165 e. The first-order valence-electron chi connectivity index (χ1n) is 6.70. The zero-order chi connectivity index (χ0) is 14.0. The molecule has 0 aromatic rings. The molecule has 0 N–H and O–H groups in total. The molecule has 0 aliphatic rings. The third-order valence-corrected chi connectivity index (χ3v) is 8.55. The Morgan fingerprint density at radius 3 is 1.11 bits per heavy atom. The summed E-state index contributed by atoms with van der Waals surface area (Å²) in [5, 5.41) is 2.59. The monoisotopic (exact) mass is 376 g/mol. The van der Waals surface area contributed by atoms with Gasteiger partial charge in [0, 0.05) is 10.2 Å². The number of rotatable bonds is 16. The Kier molecular flexibility index (Phi) is 22.3. The van der Waals surface area contributed by atoms with Crippen molar-refractivity contribution < 1.29 is 0 Å². The summed E-state index contributed by atoms with van der Waals surface area (Å²) in [4.78, 5) is 0. The SMILES string of the molecule is CSCCCSCSCCCSCSCCCSC. The lowest BCUT2D eigenvalue weighted by atomic mass is 10.6. The molecular formula is C13H28S6. The summed E-state index contributed by atoms with van der Waals surface area (Å²) in [6.07, 6.45) is 8.51. The third kappa shape index (κ3) is 20.1. The Morgan fingerprint density at radius 1 is 0.474 bits per heavy atom. The number of hydrogen-bond donors (Lipinski definition) is 0. The van der Waals surface area contributed by atoms with Crippen molar-refractivity contribution in [3.05, 3.63) is 0 Å². The van der Waals surface area contributed by atoms with Crippen molar-refractivity contribution in [3.63, 3.8) is 0 Å². The fraction of sp³-hybridized carbons (Fsp3) is 1.00. The van der Waals surface area contributed by atoms with E-state index in [-0.39, 0.29) is 0 Å². The van der Waals surface area contributed by atoms with Gasteiger partial charge >= 0.3 is 0 Å². The Morgan fingerprint density at radius 2 is 0.789 bits per heavy atom. The summed E-state index contributed by atoms with van der Waals surface area (Å²) in [6.45, 7) is 0. The molecule has 0 spiro atoms. The first kappa shape index (κ1) is 21.1. The zero-order valence-corrected chi connectivity index (χ0v) is 17.1. The predicted molar refractivity (Wildman–Crippen MR) is 110 cm³/mol. The third-order valence-electron chi connectivity index (χ3n) is 2.18. The first-order valence-corrected chi connectivity index (χ1v) is 14.1. The van der Waals surface area contributed by atoms with Crippen LogP contribution in [-0.2, 0) is 0 Å². The molecule has 0 saturated heterocycles. The lowest BCUT2D eigenvalue weighted by molar-refractivity contribution is 1.12.